The van der Waals surface area contributed by atoms with Crippen molar-refractivity contribution in [3.63, 3.8) is 0 Å². The van der Waals surface area contributed by atoms with Crippen molar-refractivity contribution in [3.8, 4) is 0 Å². The van der Waals surface area contributed by atoms with Gasteiger partial charge in [0.15, 0.2) is 5.78 Å². The van der Waals surface area contributed by atoms with Crippen LogP contribution in [-0.4, -0.2) is 73.2 Å². The molecule has 1 aromatic carbocycles. The van der Waals surface area contributed by atoms with Crippen molar-refractivity contribution in [2.75, 3.05) is 52.5 Å². The Morgan fingerprint density at radius 2 is 1.80 bits per heavy atom. The lowest BCUT2D eigenvalue weighted by Gasteiger charge is -2.40. The van der Waals surface area contributed by atoms with Gasteiger partial charge >= 0.3 is 0 Å². The zero-order valence-electron chi connectivity index (χ0n) is 15.2. The number of aliphatic hydroxyl groups is 1. The van der Waals surface area contributed by atoms with Gasteiger partial charge in [-0.3, -0.25) is 14.6 Å². The van der Waals surface area contributed by atoms with Crippen LogP contribution in [-0.2, 0) is 11.3 Å². The summed E-state index contributed by atoms with van der Waals surface area (Å²) in [7, 11) is 0. The molecule has 0 amide bonds. The predicted octanol–water partition coefficient (Wildman–Crippen LogP) is 1.65. The SMILES string of the molecule is CC(=O)c1ccc(CN2C[C@@H](CO)C[C@@H](CN3CCOCC3)C2)cc1. The average Bonchev–Trinajstić information content (AvgIpc) is 2.63. The number of Topliss-reactive ketones (excluding diaryl/α,β-unsaturated/α-hetero) is 1. The summed E-state index contributed by atoms with van der Waals surface area (Å²) >= 11 is 0. The van der Waals surface area contributed by atoms with E-state index in [1.165, 1.54) is 5.56 Å². The maximum absolute atomic E-state index is 11.4. The highest BCUT2D eigenvalue weighted by molar-refractivity contribution is 5.93. The van der Waals surface area contributed by atoms with Crippen LogP contribution in [0.5, 0.6) is 0 Å². The van der Waals surface area contributed by atoms with Crippen molar-refractivity contribution in [2.45, 2.75) is 19.9 Å². The first kappa shape index (κ1) is 18.5. The largest absolute Gasteiger partial charge is 0.396 e. The summed E-state index contributed by atoms with van der Waals surface area (Å²) in [5, 5.41) is 9.70. The number of hydrogen-bond donors (Lipinski definition) is 1. The third kappa shape index (κ3) is 5.35. The number of ether oxygens (including phenoxy) is 1. The molecule has 0 aromatic heterocycles. The zero-order chi connectivity index (χ0) is 17.6. The standard InChI is InChI=1S/C20H30N2O3/c1-16(24)20-4-2-17(3-5-20)11-22-13-18(10-19(14-22)15-23)12-21-6-8-25-9-7-21/h2-5,18-19,23H,6-15H2,1H3/t18-,19-/m0/s1. The van der Waals surface area contributed by atoms with Gasteiger partial charge in [0.25, 0.3) is 0 Å². The number of hydrogen-bond acceptors (Lipinski definition) is 5. The number of carbonyl (C=O) groups excluding carboxylic acids is 1. The Kier molecular flexibility index (Phi) is 6.59. The molecule has 1 aromatic rings. The molecule has 0 bridgehead atoms. The Hall–Kier alpha value is -1.27. The van der Waals surface area contributed by atoms with Crippen LogP contribution < -0.4 is 0 Å². The smallest absolute Gasteiger partial charge is 0.159 e. The van der Waals surface area contributed by atoms with Crippen LogP contribution >= 0.6 is 0 Å². The van der Waals surface area contributed by atoms with E-state index in [-0.39, 0.29) is 12.4 Å². The first-order valence-electron chi connectivity index (χ1n) is 9.37. The average molecular weight is 346 g/mol. The summed E-state index contributed by atoms with van der Waals surface area (Å²) in [6, 6.07) is 7.93. The van der Waals surface area contributed by atoms with Gasteiger partial charge in [-0.15, -0.1) is 0 Å². The van der Waals surface area contributed by atoms with Gasteiger partial charge in [0.05, 0.1) is 13.2 Å². The fourth-order valence-electron chi connectivity index (χ4n) is 4.07. The highest BCUT2D eigenvalue weighted by Gasteiger charge is 2.28. The Balaban J connectivity index is 1.58. The van der Waals surface area contributed by atoms with Gasteiger partial charge in [0.2, 0.25) is 0 Å². The summed E-state index contributed by atoms with van der Waals surface area (Å²) in [5.74, 6) is 1.06. The topological polar surface area (TPSA) is 53.0 Å². The fourth-order valence-corrected chi connectivity index (χ4v) is 4.07. The van der Waals surface area contributed by atoms with Gasteiger partial charge < -0.3 is 9.84 Å². The van der Waals surface area contributed by atoms with Crippen LogP contribution in [0.2, 0.25) is 0 Å². The lowest BCUT2D eigenvalue weighted by molar-refractivity contribution is 0.0117. The molecule has 2 aliphatic heterocycles. The number of piperidine rings is 1. The number of morpholine rings is 1. The van der Waals surface area contributed by atoms with Crippen LogP contribution in [0.4, 0.5) is 0 Å². The summed E-state index contributed by atoms with van der Waals surface area (Å²) in [6.07, 6.45) is 1.10. The van der Waals surface area contributed by atoms with E-state index in [4.69, 9.17) is 4.74 Å². The second kappa shape index (κ2) is 8.90. The number of carbonyl (C=O) groups is 1. The highest BCUT2D eigenvalue weighted by Crippen LogP contribution is 2.24. The molecule has 0 unspecified atom stereocenters. The first-order chi connectivity index (χ1) is 12.1. The van der Waals surface area contributed by atoms with Gasteiger partial charge in [-0.2, -0.15) is 0 Å². The minimum atomic E-state index is 0.107. The second-order valence-corrected chi connectivity index (χ2v) is 7.51. The van der Waals surface area contributed by atoms with E-state index < -0.39 is 0 Å². The molecular weight excluding hydrogens is 316 g/mol. The molecule has 0 aliphatic carbocycles. The minimum Gasteiger partial charge on any atom is -0.396 e. The molecule has 2 atom stereocenters. The maximum Gasteiger partial charge on any atom is 0.159 e. The van der Waals surface area contributed by atoms with Crippen molar-refractivity contribution in [1.29, 1.82) is 0 Å². The number of aliphatic hydroxyl groups excluding tert-OH is 1. The second-order valence-electron chi connectivity index (χ2n) is 7.51. The number of benzene rings is 1. The fraction of sp³-hybridized carbons (Fsp3) is 0.650. The van der Waals surface area contributed by atoms with E-state index in [0.29, 0.717) is 11.8 Å². The minimum absolute atomic E-state index is 0.107. The third-order valence-electron chi connectivity index (χ3n) is 5.34. The molecule has 5 nitrogen and oxygen atoms in total. The summed E-state index contributed by atoms with van der Waals surface area (Å²) in [4.78, 5) is 16.4. The molecule has 2 aliphatic rings. The van der Waals surface area contributed by atoms with Crippen molar-refractivity contribution in [2.24, 2.45) is 11.8 Å². The molecule has 5 heteroatoms. The van der Waals surface area contributed by atoms with E-state index in [0.717, 1.165) is 64.5 Å². The number of rotatable bonds is 6. The Morgan fingerprint density at radius 1 is 1.12 bits per heavy atom. The zero-order valence-corrected chi connectivity index (χ0v) is 15.2. The predicted molar refractivity (Wildman–Crippen MR) is 97.7 cm³/mol. The normalized spacial score (nSPS) is 25.8. The monoisotopic (exact) mass is 346 g/mol. The van der Waals surface area contributed by atoms with Crippen molar-refractivity contribution in [1.82, 2.24) is 9.80 Å². The molecule has 2 saturated heterocycles. The van der Waals surface area contributed by atoms with Crippen molar-refractivity contribution < 1.29 is 14.6 Å². The summed E-state index contributed by atoms with van der Waals surface area (Å²) in [6.45, 7) is 9.58. The molecule has 2 heterocycles. The summed E-state index contributed by atoms with van der Waals surface area (Å²) < 4.78 is 5.44. The van der Waals surface area contributed by atoms with E-state index in [1.54, 1.807) is 6.92 Å². The molecule has 1 N–H and O–H groups in total. The van der Waals surface area contributed by atoms with Crippen molar-refractivity contribution in [3.05, 3.63) is 35.4 Å². The lowest BCUT2D eigenvalue weighted by atomic mass is 9.88. The van der Waals surface area contributed by atoms with Gasteiger partial charge in [0.1, 0.15) is 0 Å². The molecule has 25 heavy (non-hydrogen) atoms. The molecular formula is C20H30N2O3. The number of nitrogens with zero attached hydrogens (tertiary/aromatic N) is 2. The van der Waals surface area contributed by atoms with Gasteiger partial charge in [-0.25, -0.2) is 0 Å². The molecule has 0 spiro atoms. The van der Waals surface area contributed by atoms with Gasteiger partial charge in [-0.05, 0) is 30.7 Å². The Bertz CT molecular complexity index is 555. The van der Waals surface area contributed by atoms with Crippen molar-refractivity contribution >= 4 is 5.78 Å². The molecule has 2 fully saturated rings. The molecule has 0 saturated carbocycles. The quantitative estimate of drug-likeness (QED) is 0.794. The van der Waals surface area contributed by atoms with E-state index in [1.807, 2.05) is 12.1 Å². The van der Waals surface area contributed by atoms with Crippen LogP contribution in [0.1, 0.15) is 29.3 Å². The number of likely N-dealkylation sites (tertiary alicyclic amines) is 1. The Morgan fingerprint density at radius 3 is 2.44 bits per heavy atom. The third-order valence-corrected chi connectivity index (χ3v) is 5.34. The van der Waals surface area contributed by atoms with E-state index in [2.05, 4.69) is 21.9 Å². The van der Waals surface area contributed by atoms with E-state index in [9.17, 15) is 9.90 Å². The lowest BCUT2D eigenvalue weighted by Crippen LogP contribution is -2.47. The molecule has 0 radical (unpaired) electrons. The highest BCUT2D eigenvalue weighted by atomic mass is 16.5. The maximum atomic E-state index is 11.4. The summed E-state index contributed by atoms with van der Waals surface area (Å²) in [5.41, 5.74) is 1.99. The molecule has 3 rings (SSSR count). The first-order valence-corrected chi connectivity index (χ1v) is 9.37. The molecule has 138 valence electrons. The van der Waals surface area contributed by atoms with Gasteiger partial charge in [0, 0.05) is 51.4 Å². The van der Waals surface area contributed by atoms with Crippen LogP contribution in [0.15, 0.2) is 24.3 Å². The van der Waals surface area contributed by atoms with Gasteiger partial charge in [-0.1, -0.05) is 24.3 Å². The number of ketones is 1. The van der Waals surface area contributed by atoms with Crippen LogP contribution in [0.25, 0.3) is 0 Å². The van der Waals surface area contributed by atoms with Crippen LogP contribution in [0, 0.1) is 11.8 Å². The van der Waals surface area contributed by atoms with Crippen LogP contribution in [0.3, 0.4) is 0 Å². The Labute approximate surface area is 150 Å². The van der Waals surface area contributed by atoms with E-state index >= 15 is 0 Å².